The minimum Gasteiger partial charge on any atom is -0.384 e. The molecule has 1 nitrogen and oxygen atoms in total. The van der Waals surface area contributed by atoms with E-state index >= 15 is 0 Å². The van der Waals surface area contributed by atoms with Crippen LogP contribution < -0.4 is 0 Å². The molecule has 1 aromatic carbocycles. The fourth-order valence-corrected chi connectivity index (χ4v) is 3.53. The highest BCUT2D eigenvalue weighted by Gasteiger charge is 2.17. The van der Waals surface area contributed by atoms with Crippen LogP contribution in [0.15, 0.2) is 24.3 Å². The Labute approximate surface area is 125 Å². The molecule has 1 unspecified atom stereocenters. The molecule has 0 aliphatic heterocycles. The lowest BCUT2D eigenvalue weighted by Gasteiger charge is -2.14. The van der Waals surface area contributed by atoms with Gasteiger partial charge in [-0.3, -0.25) is 0 Å². The highest BCUT2D eigenvalue weighted by atomic mass is 79.9. The van der Waals surface area contributed by atoms with Crippen molar-refractivity contribution in [1.82, 2.24) is 0 Å². The monoisotopic (exact) mass is 324 g/mol. The van der Waals surface area contributed by atoms with Crippen LogP contribution in [0.5, 0.6) is 0 Å². The van der Waals surface area contributed by atoms with Crippen LogP contribution in [0.4, 0.5) is 0 Å². The van der Waals surface area contributed by atoms with Gasteiger partial charge in [-0.15, -0.1) is 0 Å². The summed E-state index contributed by atoms with van der Waals surface area (Å²) in [4.78, 5) is 0.518. The maximum absolute atomic E-state index is 5.11. The van der Waals surface area contributed by atoms with Gasteiger partial charge in [0.2, 0.25) is 0 Å². The summed E-state index contributed by atoms with van der Waals surface area (Å²) in [6.07, 6.45) is 9.46. The first-order chi connectivity index (χ1) is 9.29. The van der Waals surface area contributed by atoms with Gasteiger partial charge in [0.1, 0.15) is 0 Å². The van der Waals surface area contributed by atoms with Crippen LogP contribution in [0.3, 0.4) is 0 Å². The van der Waals surface area contributed by atoms with Gasteiger partial charge in [-0.25, -0.2) is 0 Å². The lowest BCUT2D eigenvalue weighted by atomic mass is 9.98. The molecule has 1 aliphatic carbocycles. The van der Waals surface area contributed by atoms with E-state index in [9.17, 15) is 0 Å². The average molecular weight is 325 g/mol. The Morgan fingerprint density at radius 1 is 1.21 bits per heavy atom. The fraction of sp³-hybridized carbons (Fsp3) is 0.647. The number of ether oxygens (including phenoxy) is 1. The van der Waals surface area contributed by atoms with Crippen molar-refractivity contribution in [3.05, 3.63) is 35.4 Å². The van der Waals surface area contributed by atoms with Crippen molar-refractivity contribution in [2.75, 3.05) is 13.7 Å². The molecule has 1 aromatic rings. The molecule has 0 N–H and O–H groups in total. The number of hydrogen-bond acceptors (Lipinski definition) is 1. The van der Waals surface area contributed by atoms with Gasteiger partial charge in [0.05, 0.1) is 6.61 Å². The first-order valence-corrected chi connectivity index (χ1v) is 8.43. The normalized spacial score (nSPS) is 17.8. The number of rotatable bonds is 7. The lowest BCUT2D eigenvalue weighted by Crippen LogP contribution is -1.98. The minimum atomic E-state index is 0.518. The van der Waals surface area contributed by atoms with Crippen molar-refractivity contribution in [2.45, 2.75) is 49.8 Å². The molecule has 0 spiro atoms. The zero-order valence-electron chi connectivity index (χ0n) is 11.9. The molecule has 2 rings (SSSR count). The molecule has 1 aliphatic rings. The molecule has 19 heavy (non-hydrogen) atoms. The van der Waals surface area contributed by atoms with Gasteiger partial charge in [0.25, 0.3) is 0 Å². The van der Waals surface area contributed by atoms with Crippen molar-refractivity contribution in [3.8, 4) is 0 Å². The minimum absolute atomic E-state index is 0.518. The maximum atomic E-state index is 5.11. The van der Waals surface area contributed by atoms with Crippen molar-refractivity contribution in [1.29, 1.82) is 0 Å². The molecule has 2 heteroatoms. The summed E-state index contributed by atoms with van der Waals surface area (Å²) in [6, 6.07) is 8.99. The second kappa shape index (κ2) is 8.06. The van der Waals surface area contributed by atoms with E-state index in [1.807, 2.05) is 0 Å². The largest absolute Gasteiger partial charge is 0.384 e. The fourth-order valence-electron chi connectivity index (χ4n) is 2.96. The molecule has 1 fully saturated rings. The quantitative estimate of drug-likeness (QED) is 0.620. The number of methoxy groups -OCH3 is 1. The smallest absolute Gasteiger partial charge is 0.0502 e. The second-order valence-corrected chi connectivity index (χ2v) is 6.79. The van der Waals surface area contributed by atoms with Crippen molar-refractivity contribution < 1.29 is 4.74 Å². The molecular weight excluding hydrogens is 300 g/mol. The Balaban J connectivity index is 1.79. The van der Waals surface area contributed by atoms with Crippen molar-refractivity contribution >= 4 is 15.9 Å². The van der Waals surface area contributed by atoms with E-state index in [4.69, 9.17) is 4.74 Å². The van der Waals surface area contributed by atoms with E-state index < -0.39 is 0 Å². The molecule has 0 heterocycles. The van der Waals surface area contributed by atoms with Crippen LogP contribution in [0, 0.1) is 5.92 Å². The highest BCUT2D eigenvalue weighted by molar-refractivity contribution is 9.09. The third-order valence-corrected chi connectivity index (χ3v) is 5.23. The summed E-state index contributed by atoms with van der Waals surface area (Å²) in [6.45, 7) is 0.804. The van der Waals surface area contributed by atoms with Gasteiger partial charge in [-0.05, 0) is 36.3 Å². The molecule has 1 saturated carbocycles. The summed E-state index contributed by atoms with van der Waals surface area (Å²) < 4.78 is 5.11. The Morgan fingerprint density at radius 2 is 1.89 bits per heavy atom. The van der Waals surface area contributed by atoms with E-state index in [-0.39, 0.29) is 0 Å². The summed E-state index contributed by atoms with van der Waals surface area (Å²) in [5, 5.41) is 0. The Kier molecular flexibility index (Phi) is 6.39. The zero-order chi connectivity index (χ0) is 13.5. The number of alkyl halides is 1. The zero-order valence-corrected chi connectivity index (χ0v) is 13.5. The summed E-state index contributed by atoms with van der Waals surface area (Å²) in [5.74, 6) is 0.987. The Morgan fingerprint density at radius 3 is 2.53 bits per heavy atom. The third kappa shape index (κ3) is 4.92. The molecule has 0 bridgehead atoms. The molecule has 0 amide bonds. The topological polar surface area (TPSA) is 9.23 Å². The standard InChI is InChI=1S/C17H25BrO/c1-19-13-12-15-6-9-16(10-7-15)17(18)11-8-14-4-2-3-5-14/h6-7,9-10,14,17H,2-5,8,11-13H2,1H3. The third-order valence-electron chi connectivity index (χ3n) is 4.24. The average Bonchev–Trinajstić information content (AvgIpc) is 2.96. The summed E-state index contributed by atoms with van der Waals surface area (Å²) >= 11 is 3.85. The molecule has 0 radical (unpaired) electrons. The molecule has 0 aromatic heterocycles. The van der Waals surface area contributed by atoms with E-state index in [0.717, 1.165) is 18.9 Å². The Bertz CT molecular complexity index is 354. The second-order valence-electron chi connectivity index (χ2n) is 5.68. The predicted octanol–water partition coefficient (Wildman–Crippen LogP) is 5.28. The van der Waals surface area contributed by atoms with Crippen LogP contribution >= 0.6 is 15.9 Å². The SMILES string of the molecule is COCCc1ccc(C(Br)CCC2CCCC2)cc1. The van der Waals surface area contributed by atoms with E-state index in [1.165, 1.54) is 49.7 Å². The first-order valence-electron chi connectivity index (χ1n) is 7.51. The van der Waals surface area contributed by atoms with Gasteiger partial charge < -0.3 is 4.74 Å². The van der Waals surface area contributed by atoms with Crippen LogP contribution in [0.25, 0.3) is 0 Å². The number of hydrogen-bond donors (Lipinski definition) is 0. The van der Waals surface area contributed by atoms with Gasteiger partial charge in [0, 0.05) is 11.9 Å². The van der Waals surface area contributed by atoms with Crippen molar-refractivity contribution in [2.24, 2.45) is 5.92 Å². The van der Waals surface area contributed by atoms with Crippen LogP contribution in [-0.2, 0) is 11.2 Å². The highest BCUT2D eigenvalue weighted by Crippen LogP contribution is 2.34. The summed E-state index contributed by atoms with van der Waals surface area (Å²) in [5.41, 5.74) is 2.78. The van der Waals surface area contributed by atoms with Gasteiger partial charge >= 0.3 is 0 Å². The van der Waals surface area contributed by atoms with Crippen molar-refractivity contribution in [3.63, 3.8) is 0 Å². The predicted molar refractivity (Wildman–Crippen MR) is 84.9 cm³/mol. The first kappa shape index (κ1) is 15.1. The number of halogens is 1. The van der Waals surface area contributed by atoms with E-state index in [0.29, 0.717) is 4.83 Å². The lowest BCUT2D eigenvalue weighted by molar-refractivity contribution is 0.202. The van der Waals surface area contributed by atoms with Crippen LogP contribution in [-0.4, -0.2) is 13.7 Å². The number of benzene rings is 1. The molecule has 106 valence electrons. The van der Waals surface area contributed by atoms with E-state index in [2.05, 4.69) is 40.2 Å². The Hall–Kier alpha value is -0.340. The van der Waals surface area contributed by atoms with Gasteiger partial charge in [0.15, 0.2) is 0 Å². The summed E-state index contributed by atoms with van der Waals surface area (Å²) in [7, 11) is 1.76. The van der Waals surface area contributed by atoms with Gasteiger partial charge in [-0.1, -0.05) is 65.9 Å². The van der Waals surface area contributed by atoms with Gasteiger partial charge in [-0.2, -0.15) is 0 Å². The van der Waals surface area contributed by atoms with Crippen LogP contribution in [0.1, 0.15) is 54.5 Å². The molecule has 1 atom stereocenters. The van der Waals surface area contributed by atoms with E-state index in [1.54, 1.807) is 7.11 Å². The molecular formula is C17H25BrO. The maximum Gasteiger partial charge on any atom is 0.0502 e. The molecule has 0 saturated heterocycles. The van der Waals surface area contributed by atoms with Crippen LogP contribution in [0.2, 0.25) is 0 Å².